The summed E-state index contributed by atoms with van der Waals surface area (Å²) in [6, 6.07) is 18.3. The van der Waals surface area contributed by atoms with E-state index in [4.69, 9.17) is 0 Å². The van der Waals surface area contributed by atoms with Crippen molar-refractivity contribution in [2.24, 2.45) is 0 Å². The predicted octanol–water partition coefficient (Wildman–Crippen LogP) is 4.55. The molecule has 1 amide bonds. The molecule has 138 valence electrons. The van der Waals surface area contributed by atoms with Crippen LogP contribution in [0.5, 0.6) is 0 Å². The Morgan fingerprint density at radius 3 is 2.70 bits per heavy atom. The molecule has 1 aromatic heterocycles. The average molecular weight is 380 g/mol. The number of hydrogen-bond acceptors (Lipinski definition) is 3. The highest BCUT2D eigenvalue weighted by Gasteiger charge is 2.22. The summed E-state index contributed by atoms with van der Waals surface area (Å²) in [6.45, 7) is 1.20. The molecular formula is C22H21FN2OS. The predicted molar refractivity (Wildman–Crippen MR) is 108 cm³/mol. The molecule has 2 heterocycles. The number of benzene rings is 2. The number of nitrogens with zero attached hydrogens (tertiary/aromatic N) is 1. The van der Waals surface area contributed by atoms with Crippen molar-refractivity contribution >= 4 is 22.9 Å². The molecule has 1 unspecified atom stereocenters. The molecule has 4 rings (SSSR count). The summed E-state index contributed by atoms with van der Waals surface area (Å²) in [4.78, 5) is 16.0. The third-order valence-corrected chi connectivity index (χ3v) is 5.81. The van der Waals surface area contributed by atoms with Crippen LogP contribution in [0.2, 0.25) is 0 Å². The molecule has 0 aliphatic carbocycles. The number of amides is 1. The number of aryl methyl sites for hydroxylation is 1. The second-order valence-electron chi connectivity index (χ2n) is 6.72. The molecular weight excluding hydrogens is 359 g/mol. The van der Waals surface area contributed by atoms with Crippen LogP contribution in [0.25, 0.3) is 0 Å². The van der Waals surface area contributed by atoms with Gasteiger partial charge in [-0.2, -0.15) is 0 Å². The zero-order chi connectivity index (χ0) is 18.6. The Morgan fingerprint density at radius 2 is 1.93 bits per heavy atom. The fourth-order valence-electron chi connectivity index (χ4n) is 3.59. The van der Waals surface area contributed by atoms with Gasteiger partial charge in [0.2, 0.25) is 5.91 Å². The maximum atomic E-state index is 13.3. The van der Waals surface area contributed by atoms with Gasteiger partial charge in [-0.3, -0.25) is 4.79 Å². The molecule has 0 fully saturated rings. The first-order valence-corrected chi connectivity index (χ1v) is 10.00. The molecule has 0 bridgehead atoms. The van der Waals surface area contributed by atoms with Crippen LogP contribution in [0.15, 0.2) is 66.0 Å². The lowest BCUT2D eigenvalue weighted by Gasteiger charge is -2.31. The van der Waals surface area contributed by atoms with Crippen LogP contribution < -0.4 is 10.2 Å². The lowest BCUT2D eigenvalue weighted by molar-refractivity contribution is -0.120. The molecule has 1 atom stereocenters. The van der Waals surface area contributed by atoms with Gasteiger partial charge in [-0.05, 0) is 53.6 Å². The summed E-state index contributed by atoms with van der Waals surface area (Å²) < 4.78 is 13.3. The standard InChI is InChI=1S/C22H21FN2OS/c23-18-11-9-17(10-12-18)22(20-8-4-14-27-20)24-21(26)15-25-13-3-6-16-5-1-2-7-19(16)25/h1-2,4-5,7-12,14,22H,3,6,13,15H2,(H,24,26). The van der Waals surface area contributed by atoms with Gasteiger partial charge >= 0.3 is 0 Å². The van der Waals surface area contributed by atoms with Gasteiger partial charge in [-0.15, -0.1) is 11.3 Å². The molecule has 2 aromatic carbocycles. The Balaban J connectivity index is 1.52. The molecule has 0 saturated carbocycles. The molecule has 0 radical (unpaired) electrons. The first kappa shape index (κ1) is 17.7. The van der Waals surface area contributed by atoms with Gasteiger partial charge in [0.25, 0.3) is 0 Å². The summed E-state index contributed by atoms with van der Waals surface area (Å²) in [5.41, 5.74) is 3.32. The molecule has 27 heavy (non-hydrogen) atoms. The van der Waals surface area contributed by atoms with E-state index < -0.39 is 0 Å². The Morgan fingerprint density at radius 1 is 1.11 bits per heavy atom. The molecule has 0 spiro atoms. The Bertz CT molecular complexity index is 908. The molecule has 3 aromatic rings. The minimum atomic E-state index is -0.278. The lowest BCUT2D eigenvalue weighted by atomic mass is 10.0. The smallest absolute Gasteiger partial charge is 0.240 e. The van der Waals surface area contributed by atoms with Crippen molar-refractivity contribution in [2.75, 3.05) is 18.0 Å². The highest BCUT2D eigenvalue weighted by atomic mass is 32.1. The number of carbonyl (C=O) groups is 1. The third kappa shape index (κ3) is 4.03. The Hall–Kier alpha value is -2.66. The van der Waals surface area contributed by atoms with Gasteiger partial charge in [-0.25, -0.2) is 4.39 Å². The van der Waals surface area contributed by atoms with Crippen LogP contribution in [-0.4, -0.2) is 19.0 Å². The second-order valence-corrected chi connectivity index (χ2v) is 7.70. The van der Waals surface area contributed by atoms with E-state index in [1.165, 1.54) is 17.7 Å². The maximum absolute atomic E-state index is 13.3. The van der Waals surface area contributed by atoms with E-state index in [1.807, 2.05) is 29.6 Å². The minimum Gasteiger partial charge on any atom is -0.362 e. The second kappa shape index (κ2) is 7.92. The summed E-state index contributed by atoms with van der Waals surface area (Å²) in [6.07, 6.45) is 2.11. The number of anilines is 1. The maximum Gasteiger partial charge on any atom is 0.240 e. The zero-order valence-corrected chi connectivity index (χ0v) is 15.7. The van der Waals surface area contributed by atoms with E-state index in [1.54, 1.807) is 23.5 Å². The summed E-state index contributed by atoms with van der Waals surface area (Å²) in [5, 5.41) is 5.13. The van der Waals surface area contributed by atoms with Crippen LogP contribution in [0.4, 0.5) is 10.1 Å². The number of carbonyl (C=O) groups excluding carboxylic acids is 1. The highest BCUT2D eigenvalue weighted by Crippen LogP contribution is 2.28. The molecule has 5 heteroatoms. The third-order valence-electron chi connectivity index (χ3n) is 4.88. The van der Waals surface area contributed by atoms with Crippen LogP contribution in [-0.2, 0) is 11.2 Å². The van der Waals surface area contributed by atoms with Crippen molar-refractivity contribution in [2.45, 2.75) is 18.9 Å². The van der Waals surface area contributed by atoms with Gasteiger partial charge in [0.1, 0.15) is 5.82 Å². The number of hydrogen-bond donors (Lipinski definition) is 1. The van der Waals surface area contributed by atoms with Crippen molar-refractivity contribution in [3.05, 3.63) is 87.9 Å². The van der Waals surface area contributed by atoms with Crippen LogP contribution in [0, 0.1) is 5.82 Å². The SMILES string of the molecule is O=C(CN1CCCc2ccccc21)NC(c1ccc(F)cc1)c1cccs1. The summed E-state index contributed by atoms with van der Waals surface area (Å²) >= 11 is 1.58. The number of nitrogens with one attached hydrogen (secondary N) is 1. The summed E-state index contributed by atoms with van der Waals surface area (Å²) in [5.74, 6) is -0.311. The van der Waals surface area contributed by atoms with Gasteiger partial charge in [0.05, 0.1) is 12.6 Å². The van der Waals surface area contributed by atoms with E-state index in [0.717, 1.165) is 35.5 Å². The molecule has 1 aliphatic heterocycles. The molecule has 1 aliphatic rings. The Kier molecular flexibility index (Phi) is 5.21. The number of halogens is 1. The largest absolute Gasteiger partial charge is 0.362 e. The quantitative estimate of drug-likeness (QED) is 0.704. The van der Waals surface area contributed by atoms with E-state index in [2.05, 4.69) is 22.3 Å². The normalized spacial score (nSPS) is 14.5. The van der Waals surface area contributed by atoms with E-state index >= 15 is 0 Å². The van der Waals surface area contributed by atoms with Gasteiger partial charge in [0, 0.05) is 17.1 Å². The number of fused-ring (bicyclic) bond motifs is 1. The van der Waals surface area contributed by atoms with Crippen LogP contribution in [0.1, 0.15) is 28.5 Å². The van der Waals surface area contributed by atoms with Gasteiger partial charge in [0.15, 0.2) is 0 Å². The monoisotopic (exact) mass is 380 g/mol. The number of thiophene rings is 1. The molecule has 0 saturated heterocycles. The number of rotatable bonds is 5. The fourth-order valence-corrected chi connectivity index (χ4v) is 4.39. The van der Waals surface area contributed by atoms with Crippen molar-refractivity contribution in [1.29, 1.82) is 0 Å². The van der Waals surface area contributed by atoms with Crippen LogP contribution in [0.3, 0.4) is 0 Å². The topological polar surface area (TPSA) is 32.3 Å². The first-order chi connectivity index (χ1) is 13.2. The zero-order valence-electron chi connectivity index (χ0n) is 14.9. The Labute approximate surface area is 162 Å². The first-order valence-electron chi connectivity index (χ1n) is 9.12. The fraction of sp³-hybridized carbons (Fsp3) is 0.227. The van der Waals surface area contributed by atoms with Crippen molar-refractivity contribution < 1.29 is 9.18 Å². The molecule has 3 nitrogen and oxygen atoms in total. The van der Waals surface area contributed by atoms with Crippen molar-refractivity contribution in [3.63, 3.8) is 0 Å². The van der Waals surface area contributed by atoms with Crippen LogP contribution >= 0.6 is 11.3 Å². The van der Waals surface area contributed by atoms with Gasteiger partial charge in [-0.1, -0.05) is 36.4 Å². The van der Waals surface area contributed by atoms with E-state index in [9.17, 15) is 9.18 Å². The molecule has 1 N–H and O–H groups in total. The average Bonchev–Trinajstić information content (AvgIpc) is 3.22. The highest BCUT2D eigenvalue weighted by molar-refractivity contribution is 7.10. The van der Waals surface area contributed by atoms with Crippen molar-refractivity contribution in [1.82, 2.24) is 5.32 Å². The summed E-state index contributed by atoms with van der Waals surface area (Å²) in [7, 11) is 0. The number of para-hydroxylation sites is 1. The lowest BCUT2D eigenvalue weighted by Crippen LogP contribution is -2.41. The van der Waals surface area contributed by atoms with Gasteiger partial charge < -0.3 is 10.2 Å². The van der Waals surface area contributed by atoms with Crippen molar-refractivity contribution in [3.8, 4) is 0 Å². The minimum absolute atomic E-state index is 0.0329. The van der Waals surface area contributed by atoms with E-state index in [-0.39, 0.29) is 17.8 Å². The van der Waals surface area contributed by atoms with E-state index in [0.29, 0.717) is 6.54 Å².